The van der Waals surface area contributed by atoms with E-state index in [1.54, 1.807) is 11.8 Å². The molecule has 0 aliphatic carbocycles. The van der Waals surface area contributed by atoms with Gasteiger partial charge in [0.15, 0.2) is 5.82 Å². The highest BCUT2D eigenvalue weighted by molar-refractivity contribution is 5.86. The maximum absolute atomic E-state index is 13.2. The van der Waals surface area contributed by atoms with Crippen molar-refractivity contribution in [1.82, 2.24) is 24.9 Å². The van der Waals surface area contributed by atoms with Crippen LogP contribution in [-0.4, -0.2) is 56.4 Å². The zero-order chi connectivity index (χ0) is 19.7. The molecule has 1 spiro atoms. The van der Waals surface area contributed by atoms with Gasteiger partial charge in [-0.15, -0.1) is 0 Å². The second-order valence-corrected chi connectivity index (χ2v) is 7.86. The molecule has 0 radical (unpaired) electrons. The Hall–Kier alpha value is -2.77. The fourth-order valence-electron chi connectivity index (χ4n) is 4.30. The monoisotopic (exact) mass is 383 g/mol. The number of likely N-dealkylation sites (tertiary alicyclic amines) is 2. The van der Waals surface area contributed by atoms with E-state index in [2.05, 4.69) is 15.1 Å². The molecule has 2 saturated heterocycles. The van der Waals surface area contributed by atoms with E-state index in [9.17, 15) is 9.59 Å². The summed E-state index contributed by atoms with van der Waals surface area (Å²) in [5.74, 6) is 0.924. The number of pyridine rings is 1. The SMILES string of the molecule is Cc1cccc(CN2CC[C@@]3(CCCN(C(=O)Cc4nc(C)no4)C3)C2=O)n1. The molecule has 4 rings (SSSR count). The van der Waals surface area contributed by atoms with Crippen LogP contribution in [0.3, 0.4) is 0 Å². The Morgan fingerprint density at radius 1 is 1.21 bits per heavy atom. The van der Waals surface area contributed by atoms with Gasteiger partial charge in [-0.1, -0.05) is 11.2 Å². The van der Waals surface area contributed by atoms with Gasteiger partial charge in [0.2, 0.25) is 17.7 Å². The Kier molecular flexibility index (Phi) is 4.87. The van der Waals surface area contributed by atoms with Gasteiger partial charge in [0.05, 0.1) is 17.7 Å². The van der Waals surface area contributed by atoms with E-state index in [0.29, 0.717) is 37.9 Å². The maximum Gasteiger partial charge on any atom is 0.236 e. The molecular formula is C20H25N5O3. The summed E-state index contributed by atoms with van der Waals surface area (Å²) >= 11 is 0. The van der Waals surface area contributed by atoms with E-state index in [1.807, 2.05) is 30.0 Å². The standard InChI is InChI=1S/C20H25N5O3/c1-14-5-3-6-16(21-14)12-24-10-8-20(19(24)27)7-4-9-25(13-20)18(26)11-17-22-15(2)23-28-17/h3,5-6H,4,7-13H2,1-2H3/t20-/m1/s1. The first-order chi connectivity index (χ1) is 13.4. The van der Waals surface area contributed by atoms with Gasteiger partial charge >= 0.3 is 0 Å². The normalized spacial score (nSPS) is 22.3. The van der Waals surface area contributed by atoms with Crippen molar-refractivity contribution in [3.63, 3.8) is 0 Å². The zero-order valence-electron chi connectivity index (χ0n) is 16.3. The minimum absolute atomic E-state index is 0.0608. The number of nitrogens with zero attached hydrogens (tertiary/aromatic N) is 5. The highest BCUT2D eigenvalue weighted by Gasteiger charge is 2.49. The summed E-state index contributed by atoms with van der Waals surface area (Å²) < 4.78 is 5.07. The van der Waals surface area contributed by atoms with Crippen molar-refractivity contribution >= 4 is 11.8 Å². The number of carbonyl (C=O) groups is 2. The van der Waals surface area contributed by atoms with Gasteiger partial charge in [-0.2, -0.15) is 4.98 Å². The van der Waals surface area contributed by atoms with E-state index in [0.717, 1.165) is 30.7 Å². The molecule has 2 aliphatic heterocycles. The molecule has 2 aliphatic rings. The molecule has 0 N–H and O–H groups in total. The number of rotatable bonds is 4. The number of aryl methyl sites for hydroxylation is 2. The first-order valence-electron chi connectivity index (χ1n) is 9.74. The van der Waals surface area contributed by atoms with Crippen LogP contribution in [0.4, 0.5) is 0 Å². The lowest BCUT2D eigenvalue weighted by Gasteiger charge is -2.39. The Morgan fingerprint density at radius 3 is 2.82 bits per heavy atom. The molecule has 2 amide bonds. The van der Waals surface area contributed by atoms with Crippen molar-refractivity contribution < 1.29 is 14.1 Å². The van der Waals surface area contributed by atoms with Crippen LogP contribution < -0.4 is 0 Å². The predicted molar refractivity (Wildman–Crippen MR) is 100.0 cm³/mol. The van der Waals surface area contributed by atoms with Crippen molar-refractivity contribution in [2.45, 2.75) is 46.1 Å². The quantitative estimate of drug-likeness (QED) is 0.797. The number of carbonyl (C=O) groups excluding carboxylic acids is 2. The lowest BCUT2D eigenvalue weighted by atomic mass is 9.78. The number of hydrogen-bond donors (Lipinski definition) is 0. The Labute approximate surface area is 163 Å². The van der Waals surface area contributed by atoms with E-state index in [-0.39, 0.29) is 18.2 Å². The molecular weight excluding hydrogens is 358 g/mol. The third-order valence-corrected chi connectivity index (χ3v) is 5.70. The average Bonchev–Trinajstić information content (AvgIpc) is 3.20. The first-order valence-corrected chi connectivity index (χ1v) is 9.74. The molecule has 2 fully saturated rings. The van der Waals surface area contributed by atoms with Crippen molar-refractivity contribution in [3.8, 4) is 0 Å². The van der Waals surface area contributed by atoms with E-state index in [1.165, 1.54) is 0 Å². The van der Waals surface area contributed by atoms with Gasteiger partial charge < -0.3 is 14.3 Å². The van der Waals surface area contributed by atoms with Crippen LogP contribution in [-0.2, 0) is 22.6 Å². The summed E-state index contributed by atoms with van der Waals surface area (Å²) in [6, 6.07) is 5.87. The third-order valence-electron chi connectivity index (χ3n) is 5.70. The van der Waals surface area contributed by atoms with E-state index < -0.39 is 5.41 Å². The Balaban J connectivity index is 1.42. The Bertz CT molecular complexity index is 895. The van der Waals surface area contributed by atoms with Crippen LogP contribution in [0.5, 0.6) is 0 Å². The molecule has 0 saturated carbocycles. The number of amides is 2. The summed E-state index contributed by atoms with van der Waals surface area (Å²) in [5.41, 5.74) is 1.38. The van der Waals surface area contributed by atoms with E-state index in [4.69, 9.17) is 4.52 Å². The van der Waals surface area contributed by atoms with Gasteiger partial charge in [0.25, 0.3) is 0 Å². The summed E-state index contributed by atoms with van der Waals surface area (Å²) in [5, 5.41) is 3.73. The van der Waals surface area contributed by atoms with Crippen molar-refractivity contribution in [3.05, 3.63) is 41.3 Å². The van der Waals surface area contributed by atoms with Crippen LogP contribution in [0.25, 0.3) is 0 Å². The third kappa shape index (κ3) is 3.63. The van der Waals surface area contributed by atoms with Gasteiger partial charge in [0, 0.05) is 25.3 Å². The van der Waals surface area contributed by atoms with Gasteiger partial charge in [-0.05, 0) is 45.2 Å². The van der Waals surface area contributed by atoms with Gasteiger partial charge in [0.1, 0.15) is 6.42 Å². The van der Waals surface area contributed by atoms with Crippen molar-refractivity contribution in [2.75, 3.05) is 19.6 Å². The molecule has 0 bridgehead atoms. The zero-order valence-corrected chi connectivity index (χ0v) is 16.3. The molecule has 0 aromatic carbocycles. The second kappa shape index (κ2) is 7.33. The molecule has 8 nitrogen and oxygen atoms in total. The average molecular weight is 383 g/mol. The fourth-order valence-corrected chi connectivity index (χ4v) is 4.30. The minimum atomic E-state index is -0.470. The van der Waals surface area contributed by atoms with Crippen LogP contribution in [0, 0.1) is 19.3 Å². The predicted octanol–water partition coefficient (Wildman–Crippen LogP) is 1.67. The molecule has 148 valence electrons. The van der Waals surface area contributed by atoms with E-state index >= 15 is 0 Å². The highest BCUT2D eigenvalue weighted by Crippen LogP contribution is 2.40. The van der Waals surface area contributed by atoms with Crippen LogP contribution >= 0.6 is 0 Å². The molecule has 1 atom stereocenters. The Morgan fingerprint density at radius 2 is 2.07 bits per heavy atom. The summed E-state index contributed by atoms with van der Waals surface area (Å²) in [7, 11) is 0. The second-order valence-electron chi connectivity index (χ2n) is 7.86. The van der Waals surface area contributed by atoms with Crippen LogP contribution in [0.2, 0.25) is 0 Å². The molecule has 2 aromatic heterocycles. The number of aromatic nitrogens is 3. The summed E-state index contributed by atoms with van der Waals surface area (Å²) in [6.45, 7) is 6.04. The largest absolute Gasteiger partial charge is 0.341 e. The lowest BCUT2D eigenvalue weighted by molar-refractivity contribution is -0.143. The number of hydrogen-bond acceptors (Lipinski definition) is 6. The van der Waals surface area contributed by atoms with Crippen LogP contribution in [0.15, 0.2) is 22.7 Å². The first kappa shape index (κ1) is 18.6. The molecule has 2 aromatic rings. The van der Waals surface area contributed by atoms with Gasteiger partial charge in [-0.3, -0.25) is 14.6 Å². The molecule has 4 heterocycles. The lowest BCUT2D eigenvalue weighted by Crippen LogP contribution is -2.50. The fraction of sp³-hybridized carbons (Fsp3) is 0.550. The minimum Gasteiger partial charge on any atom is -0.341 e. The van der Waals surface area contributed by atoms with Crippen LogP contribution in [0.1, 0.15) is 42.4 Å². The smallest absolute Gasteiger partial charge is 0.236 e. The molecule has 0 unspecified atom stereocenters. The maximum atomic E-state index is 13.2. The highest BCUT2D eigenvalue weighted by atomic mass is 16.5. The van der Waals surface area contributed by atoms with Crippen molar-refractivity contribution in [2.24, 2.45) is 5.41 Å². The summed E-state index contributed by atoms with van der Waals surface area (Å²) in [4.78, 5) is 38.2. The molecule has 8 heteroatoms. The van der Waals surface area contributed by atoms with Crippen molar-refractivity contribution in [1.29, 1.82) is 0 Å². The molecule has 28 heavy (non-hydrogen) atoms. The number of piperidine rings is 1. The van der Waals surface area contributed by atoms with Gasteiger partial charge in [-0.25, -0.2) is 0 Å². The topological polar surface area (TPSA) is 92.4 Å². The summed E-state index contributed by atoms with van der Waals surface area (Å²) in [6.07, 6.45) is 2.52.